The van der Waals surface area contributed by atoms with Gasteiger partial charge in [-0.05, 0) is 18.9 Å². The van der Waals surface area contributed by atoms with Gasteiger partial charge in [0.15, 0.2) is 5.54 Å². The second-order valence-electron chi connectivity index (χ2n) is 4.62. The largest absolute Gasteiger partial charge is 0.453 e. The molecule has 0 aromatic heterocycles. The van der Waals surface area contributed by atoms with Crippen LogP contribution in [0.4, 0.5) is 4.79 Å². The summed E-state index contributed by atoms with van der Waals surface area (Å²) in [6, 6.07) is 0. The minimum absolute atomic E-state index is 0.240. The van der Waals surface area contributed by atoms with Crippen molar-refractivity contribution < 1.29 is 14.3 Å². The number of methoxy groups -OCH3 is 1. The van der Waals surface area contributed by atoms with Crippen molar-refractivity contribution in [2.24, 2.45) is 5.73 Å². The maximum absolute atomic E-state index is 12.8. The Balaban J connectivity index is 5.50. The Labute approximate surface area is 127 Å². The monoisotopic (exact) mass is 297 g/mol. The van der Waals surface area contributed by atoms with Crippen molar-refractivity contribution in [3.63, 3.8) is 0 Å². The third-order valence-electron chi connectivity index (χ3n) is 2.96. The molecule has 0 aliphatic carbocycles. The average molecular weight is 297 g/mol. The lowest BCUT2D eigenvalue weighted by Crippen LogP contribution is -2.57. The topological polar surface area (TPSA) is 84.7 Å². The molecular weight excluding hydrogens is 270 g/mol. The van der Waals surface area contributed by atoms with E-state index in [9.17, 15) is 9.59 Å². The van der Waals surface area contributed by atoms with Crippen molar-refractivity contribution in [2.45, 2.75) is 32.2 Å². The van der Waals surface area contributed by atoms with Crippen LogP contribution in [0.3, 0.4) is 0 Å². The van der Waals surface area contributed by atoms with Crippen molar-refractivity contribution in [3.05, 3.63) is 24.8 Å². The Morgan fingerprint density at radius 1 is 1.33 bits per heavy atom. The zero-order valence-electron chi connectivity index (χ0n) is 13.2. The van der Waals surface area contributed by atoms with Crippen LogP contribution in [0, 0.1) is 0 Å². The Morgan fingerprint density at radius 2 is 1.90 bits per heavy atom. The molecule has 0 aromatic carbocycles. The van der Waals surface area contributed by atoms with E-state index in [0.717, 1.165) is 12.8 Å². The molecule has 2 amide bonds. The van der Waals surface area contributed by atoms with Crippen molar-refractivity contribution >= 4 is 12.0 Å². The third kappa shape index (κ3) is 5.59. The summed E-state index contributed by atoms with van der Waals surface area (Å²) in [5.74, 6) is -0.240. The van der Waals surface area contributed by atoms with Crippen LogP contribution in [-0.4, -0.2) is 49.2 Å². The molecule has 0 rings (SSSR count). The summed E-state index contributed by atoms with van der Waals surface area (Å²) in [5, 5.41) is 2.55. The Hall–Kier alpha value is -1.82. The first-order chi connectivity index (χ1) is 10.0. The first kappa shape index (κ1) is 19.2. The van der Waals surface area contributed by atoms with E-state index in [1.54, 1.807) is 17.1 Å². The molecule has 0 spiro atoms. The molecule has 0 bridgehead atoms. The standard InChI is InChI=1S/C15H27N3O3/c1-5-11-18(12-6-2)13(19)15(7-3,9-8-10-16)17-14(20)21-4/h7-9H,3,5-6,10-12,16H2,1-2,4H3,(H,17,20). The molecule has 0 fully saturated rings. The zero-order chi connectivity index (χ0) is 16.3. The zero-order valence-corrected chi connectivity index (χ0v) is 13.2. The van der Waals surface area contributed by atoms with Gasteiger partial charge >= 0.3 is 6.09 Å². The molecule has 6 heteroatoms. The summed E-state index contributed by atoms with van der Waals surface area (Å²) in [6.45, 7) is 9.16. The van der Waals surface area contributed by atoms with Crippen LogP contribution in [0.25, 0.3) is 0 Å². The van der Waals surface area contributed by atoms with E-state index in [1.165, 1.54) is 13.2 Å². The van der Waals surface area contributed by atoms with E-state index in [2.05, 4.69) is 16.6 Å². The fraction of sp³-hybridized carbons (Fsp3) is 0.600. The highest BCUT2D eigenvalue weighted by molar-refractivity contribution is 5.94. The molecule has 0 aromatic rings. The lowest BCUT2D eigenvalue weighted by molar-refractivity contribution is -0.134. The van der Waals surface area contributed by atoms with Crippen LogP contribution in [0.15, 0.2) is 24.8 Å². The quantitative estimate of drug-likeness (QED) is 0.631. The van der Waals surface area contributed by atoms with E-state index < -0.39 is 11.6 Å². The number of carbonyl (C=O) groups is 2. The van der Waals surface area contributed by atoms with Gasteiger partial charge in [0.05, 0.1) is 7.11 Å². The van der Waals surface area contributed by atoms with Crippen LogP contribution in [0.2, 0.25) is 0 Å². The number of nitrogens with zero attached hydrogens (tertiary/aromatic N) is 1. The SMILES string of the molecule is C=CC(C=CCN)(NC(=O)OC)C(=O)N(CCC)CCC. The van der Waals surface area contributed by atoms with Crippen LogP contribution in [-0.2, 0) is 9.53 Å². The molecule has 1 atom stereocenters. The summed E-state index contributed by atoms with van der Waals surface area (Å²) in [5.41, 5.74) is 4.12. The van der Waals surface area contributed by atoms with Crippen molar-refractivity contribution in [1.29, 1.82) is 0 Å². The number of rotatable bonds is 9. The van der Waals surface area contributed by atoms with Gasteiger partial charge in [-0.1, -0.05) is 32.6 Å². The van der Waals surface area contributed by atoms with Crippen molar-refractivity contribution in [1.82, 2.24) is 10.2 Å². The number of hydrogen-bond donors (Lipinski definition) is 2. The van der Waals surface area contributed by atoms with Gasteiger partial charge in [0.25, 0.3) is 5.91 Å². The first-order valence-electron chi connectivity index (χ1n) is 7.18. The van der Waals surface area contributed by atoms with Gasteiger partial charge in [0, 0.05) is 19.6 Å². The number of alkyl carbamates (subject to hydrolysis) is 1. The third-order valence-corrected chi connectivity index (χ3v) is 2.96. The summed E-state index contributed by atoms with van der Waals surface area (Å²) in [4.78, 5) is 26.1. The summed E-state index contributed by atoms with van der Waals surface area (Å²) in [6.07, 6.45) is 5.54. The molecule has 0 aliphatic rings. The predicted octanol–water partition coefficient (Wildman–Crippen LogP) is 1.43. The average Bonchev–Trinajstić information content (AvgIpc) is 2.50. The molecule has 21 heavy (non-hydrogen) atoms. The summed E-state index contributed by atoms with van der Waals surface area (Å²) < 4.78 is 4.60. The molecular formula is C15H27N3O3. The highest BCUT2D eigenvalue weighted by Gasteiger charge is 2.37. The van der Waals surface area contributed by atoms with Gasteiger partial charge in [-0.3, -0.25) is 4.79 Å². The highest BCUT2D eigenvalue weighted by atomic mass is 16.5. The molecule has 0 saturated heterocycles. The van der Waals surface area contributed by atoms with Gasteiger partial charge in [-0.2, -0.15) is 0 Å². The molecule has 0 saturated carbocycles. The number of amides is 2. The van der Waals surface area contributed by atoms with E-state index in [1.807, 2.05) is 13.8 Å². The van der Waals surface area contributed by atoms with Crippen molar-refractivity contribution in [3.8, 4) is 0 Å². The predicted molar refractivity (Wildman–Crippen MR) is 83.8 cm³/mol. The maximum atomic E-state index is 12.8. The second kappa shape index (κ2) is 9.99. The van der Waals surface area contributed by atoms with Crippen LogP contribution in [0.5, 0.6) is 0 Å². The van der Waals surface area contributed by atoms with E-state index in [-0.39, 0.29) is 12.5 Å². The van der Waals surface area contributed by atoms with Crippen molar-refractivity contribution in [2.75, 3.05) is 26.7 Å². The van der Waals surface area contributed by atoms with Crippen LogP contribution < -0.4 is 11.1 Å². The molecule has 6 nitrogen and oxygen atoms in total. The number of ether oxygens (including phenoxy) is 1. The molecule has 120 valence electrons. The Morgan fingerprint density at radius 3 is 2.29 bits per heavy atom. The summed E-state index contributed by atoms with van der Waals surface area (Å²) in [7, 11) is 1.25. The fourth-order valence-corrected chi connectivity index (χ4v) is 1.96. The van der Waals surface area contributed by atoms with Crippen LogP contribution >= 0.6 is 0 Å². The maximum Gasteiger partial charge on any atom is 0.408 e. The minimum atomic E-state index is -1.34. The molecule has 1 unspecified atom stereocenters. The molecule has 3 N–H and O–H groups in total. The van der Waals surface area contributed by atoms with Gasteiger partial charge in [0.2, 0.25) is 0 Å². The molecule has 0 heterocycles. The number of carbonyl (C=O) groups excluding carboxylic acids is 2. The lowest BCUT2D eigenvalue weighted by Gasteiger charge is -2.33. The van der Waals surface area contributed by atoms with E-state index in [0.29, 0.717) is 13.1 Å². The minimum Gasteiger partial charge on any atom is -0.453 e. The first-order valence-corrected chi connectivity index (χ1v) is 7.18. The lowest BCUT2D eigenvalue weighted by atomic mass is 9.96. The number of hydrogen-bond acceptors (Lipinski definition) is 4. The van der Waals surface area contributed by atoms with Gasteiger partial charge < -0.3 is 20.7 Å². The molecule has 0 aliphatic heterocycles. The van der Waals surface area contributed by atoms with Crippen LogP contribution in [0.1, 0.15) is 26.7 Å². The molecule has 0 radical (unpaired) electrons. The Kier molecular flexibility index (Phi) is 9.12. The summed E-state index contributed by atoms with van der Waals surface area (Å²) >= 11 is 0. The van der Waals surface area contributed by atoms with Gasteiger partial charge in [-0.15, -0.1) is 0 Å². The normalized spacial score (nSPS) is 13.5. The number of nitrogens with two attached hydrogens (primary N) is 1. The second-order valence-corrected chi connectivity index (χ2v) is 4.62. The fourth-order valence-electron chi connectivity index (χ4n) is 1.96. The smallest absolute Gasteiger partial charge is 0.408 e. The van der Waals surface area contributed by atoms with Gasteiger partial charge in [0.1, 0.15) is 0 Å². The van der Waals surface area contributed by atoms with E-state index >= 15 is 0 Å². The Bertz CT molecular complexity index is 376. The van der Waals surface area contributed by atoms with Gasteiger partial charge in [-0.25, -0.2) is 4.79 Å². The highest BCUT2D eigenvalue weighted by Crippen LogP contribution is 2.15. The number of nitrogens with one attached hydrogen (secondary N) is 1. The van der Waals surface area contributed by atoms with E-state index in [4.69, 9.17) is 5.73 Å².